The van der Waals surface area contributed by atoms with Crippen LogP contribution in [0.2, 0.25) is 0 Å². The van der Waals surface area contributed by atoms with E-state index >= 15 is 0 Å². The molecule has 1 aliphatic rings. The smallest absolute Gasteiger partial charge is 0.387 e. The van der Waals surface area contributed by atoms with Crippen molar-refractivity contribution in [2.24, 2.45) is 5.92 Å². The Morgan fingerprint density at radius 3 is 2.91 bits per heavy atom. The zero-order valence-corrected chi connectivity index (χ0v) is 12.3. The highest BCUT2D eigenvalue weighted by atomic mass is 19.3. The predicted octanol–water partition coefficient (Wildman–Crippen LogP) is 2.59. The van der Waals surface area contributed by atoms with Gasteiger partial charge in [0.25, 0.3) is 0 Å². The number of carboxylic acid groups (broad SMARTS) is 1. The summed E-state index contributed by atoms with van der Waals surface area (Å²) >= 11 is 0. The minimum Gasteiger partial charge on any atom is -0.497 e. The van der Waals surface area contributed by atoms with E-state index < -0.39 is 18.5 Å². The van der Waals surface area contributed by atoms with Gasteiger partial charge in [-0.1, -0.05) is 0 Å². The average Bonchev–Trinajstić information content (AvgIpc) is 2.48. The number of halogens is 2. The molecule has 0 radical (unpaired) electrons. The quantitative estimate of drug-likeness (QED) is 0.874. The van der Waals surface area contributed by atoms with Gasteiger partial charge in [-0.15, -0.1) is 0 Å². The molecule has 7 heteroatoms. The van der Waals surface area contributed by atoms with Gasteiger partial charge in [0.2, 0.25) is 0 Å². The second kappa shape index (κ2) is 7.40. The minimum absolute atomic E-state index is 0.0910. The number of carbonyl (C=O) groups is 1. The highest BCUT2D eigenvalue weighted by Gasteiger charge is 2.26. The van der Waals surface area contributed by atoms with Crippen LogP contribution in [0.3, 0.4) is 0 Å². The first-order chi connectivity index (χ1) is 10.5. The molecule has 1 aliphatic heterocycles. The van der Waals surface area contributed by atoms with Crippen LogP contribution in [0.1, 0.15) is 18.4 Å². The van der Waals surface area contributed by atoms with E-state index in [1.807, 2.05) is 4.90 Å². The first-order valence-electron chi connectivity index (χ1n) is 7.06. The number of alkyl halides is 2. The van der Waals surface area contributed by atoms with Crippen molar-refractivity contribution in [3.05, 3.63) is 23.8 Å². The Kier molecular flexibility index (Phi) is 5.54. The molecule has 0 amide bonds. The van der Waals surface area contributed by atoms with E-state index in [9.17, 15) is 13.6 Å². The molecule has 0 bridgehead atoms. The van der Waals surface area contributed by atoms with E-state index in [1.54, 1.807) is 12.1 Å². The normalized spacial score (nSPS) is 19.2. The third-order valence-corrected chi connectivity index (χ3v) is 3.73. The Morgan fingerprint density at radius 2 is 2.27 bits per heavy atom. The Bertz CT molecular complexity index is 524. The van der Waals surface area contributed by atoms with E-state index in [0.29, 0.717) is 30.8 Å². The SMILES string of the molecule is COc1ccc(OC(F)F)c(CN2CCCC(C(=O)O)C2)c1. The summed E-state index contributed by atoms with van der Waals surface area (Å²) in [5.74, 6) is -0.602. The summed E-state index contributed by atoms with van der Waals surface area (Å²) in [6.45, 7) is -1.42. The zero-order valence-electron chi connectivity index (χ0n) is 12.3. The molecule has 0 saturated carbocycles. The molecule has 22 heavy (non-hydrogen) atoms. The number of likely N-dealkylation sites (tertiary alicyclic amines) is 1. The van der Waals surface area contributed by atoms with Gasteiger partial charge in [-0.2, -0.15) is 8.78 Å². The maximum absolute atomic E-state index is 12.5. The third-order valence-electron chi connectivity index (χ3n) is 3.73. The topological polar surface area (TPSA) is 59.0 Å². The lowest BCUT2D eigenvalue weighted by molar-refractivity contribution is -0.143. The lowest BCUT2D eigenvalue weighted by Crippen LogP contribution is -2.38. The highest BCUT2D eigenvalue weighted by molar-refractivity contribution is 5.70. The van der Waals surface area contributed by atoms with Gasteiger partial charge in [-0.05, 0) is 37.6 Å². The molecule has 0 spiro atoms. The first kappa shape index (κ1) is 16.5. The molecule has 2 rings (SSSR count). The summed E-state index contributed by atoms with van der Waals surface area (Å²) in [6.07, 6.45) is 1.41. The molecule has 1 aromatic rings. The molecule has 1 unspecified atom stereocenters. The van der Waals surface area contributed by atoms with Crippen molar-refractivity contribution in [2.75, 3.05) is 20.2 Å². The summed E-state index contributed by atoms with van der Waals surface area (Å²) < 4.78 is 34.6. The van der Waals surface area contributed by atoms with E-state index in [2.05, 4.69) is 4.74 Å². The van der Waals surface area contributed by atoms with Crippen LogP contribution >= 0.6 is 0 Å². The van der Waals surface area contributed by atoms with Gasteiger partial charge in [-0.3, -0.25) is 9.69 Å². The summed E-state index contributed by atoms with van der Waals surface area (Å²) in [5, 5.41) is 9.11. The number of methoxy groups -OCH3 is 1. The molecular formula is C15H19F2NO4. The number of aliphatic carboxylic acids is 1. The predicted molar refractivity (Wildman–Crippen MR) is 75.3 cm³/mol. The van der Waals surface area contributed by atoms with Crippen molar-refractivity contribution in [3.8, 4) is 11.5 Å². The lowest BCUT2D eigenvalue weighted by atomic mass is 9.98. The second-order valence-corrected chi connectivity index (χ2v) is 5.26. The highest BCUT2D eigenvalue weighted by Crippen LogP contribution is 2.28. The van der Waals surface area contributed by atoms with Gasteiger partial charge in [-0.25, -0.2) is 0 Å². The van der Waals surface area contributed by atoms with Crippen molar-refractivity contribution in [1.29, 1.82) is 0 Å². The Morgan fingerprint density at radius 1 is 1.50 bits per heavy atom. The van der Waals surface area contributed by atoms with Crippen LogP contribution in [0.4, 0.5) is 8.78 Å². The summed E-state index contributed by atoms with van der Waals surface area (Å²) in [4.78, 5) is 13.0. The van der Waals surface area contributed by atoms with Gasteiger partial charge >= 0.3 is 12.6 Å². The molecule has 1 fully saturated rings. The molecule has 5 nitrogen and oxygen atoms in total. The van der Waals surface area contributed by atoms with E-state index in [0.717, 1.165) is 13.0 Å². The summed E-state index contributed by atoms with van der Waals surface area (Å²) in [7, 11) is 1.49. The Balaban J connectivity index is 2.14. The van der Waals surface area contributed by atoms with Gasteiger partial charge in [0.1, 0.15) is 11.5 Å². The molecular weight excluding hydrogens is 296 g/mol. The van der Waals surface area contributed by atoms with E-state index in [1.165, 1.54) is 13.2 Å². The van der Waals surface area contributed by atoms with Gasteiger partial charge in [0, 0.05) is 18.7 Å². The number of hydrogen-bond acceptors (Lipinski definition) is 4. The lowest BCUT2D eigenvalue weighted by Gasteiger charge is -2.31. The van der Waals surface area contributed by atoms with Crippen molar-refractivity contribution >= 4 is 5.97 Å². The van der Waals surface area contributed by atoms with Crippen molar-refractivity contribution in [1.82, 2.24) is 4.90 Å². The largest absolute Gasteiger partial charge is 0.497 e. The number of nitrogens with zero attached hydrogens (tertiary/aromatic N) is 1. The average molecular weight is 315 g/mol. The number of rotatable bonds is 6. The third kappa shape index (κ3) is 4.30. The fraction of sp³-hybridized carbons (Fsp3) is 0.533. The molecule has 0 aliphatic carbocycles. The number of hydrogen-bond donors (Lipinski definition) is 1. The van der Waals surface area contributed by atoms with Crippen LogP contribution in [0, 0.1) is 5.92 Å². The van der Waals surface area contributed by atoms with Crippen LogP contribution in [-0.4, -0.2) is 42.8 Å². The molecule has 1 aromatic carbocycles. The molecule has 1 atom stereocenters. The van der Waals surface area contributed by atoms with E-state index in [4.69, 9.17) is 9.84 Å². The molecule has 1 saturated heterocycles. The molecule has 1 N–H and O–H groups in total. The second-order valence-electron chi connectivity index (χ2n) is 5.26. The van der Waals surface area contributed by atoms with Crippen molar-refractivity contribution < 1.29 is 28.2 Å². The molecule has 1 heterocycles. The summed E-state index contributed by atoms with van der Waals surface area (Å²) in [6, 6.07) is 4.64. The monoisotopic (exact) mass is 315 g/mol. The van der Waals surface area contributed by atoms with Crippen molar-refractivity contribution in [2.45, 2.75) is 26.0 Å². The number of carboxylic acids is 1. The number of piperidine rings is 1. The van der Waals surface area contributed by atoms with E-state index in [-0.39, 0.29) is 5.75 Å². The van der Waals surface area contributed by atoms with Crippen LogP contribution in [0.5, 0.6) is 11.5 Å². The van der Waals surface area contributed by atoms with Gasteiger partial charge in [0.15, 0.2) is 0 Å². The van der Waals surface area contributed by atoms with Crippen LogP contribution in [-0.2, 0) is 11.3 Å². The number of benzene rings is 1. The van der Waals surface area contributed by atoms with Crippen molar-refractivity contribution in [3.63, 3.8) is 0 Å². The summed E-state index contributed by atoms with van der Waals surface area (Å²) in [5.41, 5.74) is 0.561. The maximum atomic E-state index is 12.5. The standard InChI is InChI=1S/C15H19F2NO4/c1-21-12-4-5-13(22-15(16)17)11(7-12)9-18-6-2-3-10(8-18)14(19)20/h4-5,7,10,15H,2-3,6,8-9H2,1H3,(H,19,20). The fourth-order valence-corrected chi connectivity index (χ4v) is 2.66. The van der Waals surface area contributed by atoms with Gasteiger partial charge < -0.3 is 14.6 Å². The van der Waals surface area contributed by atoms with Gasteiger partial charge in [0.05, 0.1) is 13.0 Å². The first-order valence-corrected chi connectivity index (χ1v) is 7.06. The fourth-order valence-electron chi connectivity index (χ4n) is 2.66. The minimum atomic E-state index is -2.90. The van der Waals surface area contributed by atoms with Crippen LogP contribution < -0.4 is 9.47 Å². The van der Waals surface area contributed by atoms with Crippen LogP contribution in [0.25, 0.3) is 0 Å². The maximum Gasteiger partial charge on any atom is 0.387 e. The number of ether oxygens (including phenoxy) is 2. The zero-order chi connectivity index (χ0) is 16.1. The molecule has 122 valence electrons. The Hall–Kier alpha value is -1.89. The molecule has 0 aromatic heterocycles. The Labute approximate surface area is 127 Å². The van der Waals surface area contributed by atoms with Crippen LogP contribution in [0.15, 0.2) is 18.2 Å².